The average Bonchev–Trinajstić information content (AvgIpc) is 3.29. The third kappa shape index (κ3) is 6.04. The van der Waals surface area contributed by atoms with E-state index in [0.29, 0.717) is 37.1 Å². The molecule has 2 amide bonds. The number of rotatable bonds is 9. The van der Waals surface area contributed by atoms with Crippen LogP contribution >= 0.6 is 11.6 Å². The second-order valence-electron chi connectivity index (χ2n) is 6.33. The van der Waals surface area contributed by atoms with E-state index in [2.05, 4.69) is 12.2 Å². The first-order valence-corrected chi connectivity index (χ1v) is 8.75. The van der Waals surface area contributed by atoms with E-state index in [-0.39, 0.29) is 17.7 Å². The Labute approximate surface area is 148 Å². The fourth-order valence-electron chi connectivity index (χ4n) is 2.45. The number of benzene rings is 1. The molecule has 0 aliphatic heterocycles. The van der Waals surface area contributed by atoms with E-state index in [9.17, 15) is 9.59 Å². The topological polar surface area (TPSA) is 58.6 Å². The monoisotopic (exact) mass is 352 g/mol. The first kappa shape index (κ1) is 18.6. The predicted molar refractivity (Wildman–Crippen MR) is 94.1 cm³/mol. The van der Waals surface area contributed by atoms with Crippen LogP contribution in [0.3, 0.4) is 0 Å². The molecule has 2 rings (SSSR count). The molecular formula is C18H25ClN2O3. The van der Waals surface area contributed by atoms with Gasteiger partial charge in [0.15, 0.2) is 0 Å². The Balaban J connectivity index is 1.54. The van der Waals surface area contributed by atoms with Crippen LogP contribution in [0.5, 0.6) is 5.75 Å². The van der Waals surface area contributed by atoms with E-state index in [1.54, 1.807) is 24.1 Å². The minimum absolute atomic E-state index is 0.0330. The minimum Gasteiger partial charge on any atom is -0.494 e. The molecular weight excluding hydrogens is 328 g/mol. The summed E-state index contributed by atoms with van der Waals surface area (Å²) < 4.78 is 5.59. The maximum atomic E-state index is 12.0. The highest BCUT2D eigenvalue weighted by Crippen LogP contribution is 2.37. The molecule has 24 heavy (non-hydrogen) atoms. The molecule has 1 saturated carbocycles. The van der Waals surface area contributed by atoms with Crippen LogP contribution in [0.2, 0.25) is 5.02 Å². The van der Waals surface area contributed by atoms with Crippen molar-refractivity contribution in [3.05, 3.63) is 29.3 Å². The normalized spacial score (nSPS) is 18.8. The summed E-state index contributed by atoms with van der Waals surface area (Å²) in [5.41, 5.74) is 0. The van der Waals surface area contributed by atoms with Crippen molar-refractivity contribution in [3.63, 3.8) is 0 Å². The molecule has 1 fully saturated rings. The number of nitrogens with one attached hydrogen (secondary N) is 1. The largest absolute Gasteiger partial charge is 0.494 e. The van der Waals surface area contributed by atoms with Crippen LogP contribution in [0.1, 0.15) is 26.2 Å². The summed E-state index contributed by atoms with van der Waals surface area (Å²) >= 11 is 5.81. The third-order valence-corrected chi connectivity index (χ3v) is 4.48. The van der Waals surface area contributed by atoms with Crippen molar-refractivity contribution in [1.82, 2.24) is 10.2 Å². The maximum absolute atomic E-state index is 12.0. The van der Waals surface area contributed by atoms with Gasteiger partial charge in [0.1, 0.15) is 5.75 Å². The second kappa shape index (κ2) is 8.92. The standard InChI is InChI=1S/C18H25ClN2O3/c1-13-12-16(13)18(23)20-9-8-17(22)21(2)10-3-11-24-15-6-4-14(19)5-7-15/h4-7,13,16H,3,8-12H2,1-2H3,(H,20,23). The summed E-state index contributed by atoms with van der Waals surface area (Å²) in [6.45, 7) is 3.64. The highest BCUT2D eigenvalue weighted by Gasteiger charge is 2.38. The molecule has 132 valence electrons. The molecule has 5 nitrogen and oxygen atoms in total. The van der Waals surface area contributed by atoms with Gasteiger partial charge in [0.05, 0.1) is 6.61 Å². The van der Waals surface area contributed by atoms with Gasteiger partial charge in [0.25, 0.3) is 0 Å². The number of carbonyl (C=O) groups excluding carboxylic acids is 2. The molecule has 0 heterocycles. The Morgan fingerprint density at radius 2 is 2.00 bits per heavy atom. The van der Waals surface area contributed by atoms with Crippen LogP contribution in [0, 0.1) is 11.8 Å². The quantitative estimate of drug-likeness (QED) is 0.695. The van der Waals surface area contributed by atoms with Crippen LogP contribution in [0.25, 0.3) is 0 Å². The van der Waals surface area contributed by atoms with Crippen LogP contribution in [0.15, 0.2) is 24.3 Å². The van der Waals surface area contributed by atoms with E-state index in [1.165, 1.54) is 0 Å². The smallest absolute Gasteiger partial charge is 0.224 e. The first-order valence-electron chi connectivity index (χ1n) is 8.37. The third-order valence-electron chi connectivity index (χ3n) is 4.23. The maximum Gasteiger partial charge on any atom is 0.224 e. The van der Waals surface area contributed by atoms with E-state index >= 15 is 0 Å². The molecule has 1 aliphatic rings. The van der Waals surface area contributed by atoms with Crippen molar-refractivity contribution < 1.29 is 14.3 Å². The summed E-state index contributed by atoms with van der Waals surface area (Å²) in [4.78, 5) is 25.3. The van der Waals surface area contributed by atoms with Crippen molar-refractivity contribution in [3.8, 4) is 5.75 Å². The highest BCUT2D eigenvalue weighted by molar-refractivity contribution is 6.30. The van der Waals surface area contributed by atoms with Gasteiger partial charge in [-0.1, -0.05) is 18.5 Å². The van der Waals surface area contributed by atoms with Gasteiger partial charge >= 0.3 is 0 Å². The molecule has 0 saturated heterocycles. The van der Waals surface area contributed by atoms with E-state index in [1.807, 2.05) is 12.1 Å². The number of ether oxygens (including phenoxy) is 1. The predicted octanol–water partition coefficient (Wildman–Crippen LogP) is 2.73. The lowest BCUT2D eigenvalue weighted by atomic mass is 10.3. The first-order chi connectivity index (χ1) is 11.5. The van der Waals surface area contributed by atoms with Gasteiger partial charge < -0.3 is 15.0 Å². The van der Waals surface area contributed by atoms with Crippen LogP contribution in [-0.2, 0) is 9.59 Å². The van der Waals surface area contributed by atoms with Crippen LogP contribution in [0.4, 0.5) is 0 Å². The van der Waals surface area contributed by atoms with Crippen molar-refractivity contribution in [2.24, 2.45) is 11.8 Å². The Kier molecular flexibility index (Phi) is 6.91. The number of hydrogen-bond acceptors (Lipinski definition) is 3. The Bertz CT molecular complexity index is 562. The fraction of sp³-hybridized carbons (Fsp3) is 0.556. The van der Waals surface area contributed by atoms with Crippen LogP contribution in [-0.4, -0.2) is 43.5 Å². The van der Waals surface area contributed by atoms with Gasteiger partial charge in [-0.05, 0) is 43.0 Å². The van der Waals surface area contributed by atoms with Gasteiger partial charge in [-0.3, -0.25) is 9.59 Å². The highest BCUT2D eigenvalue weighted by atomic mass is 35.5. The molecule has 1 aliphatic carbocycles. The van der Waals surface area contributed by atoms with E-state index in [0.717, 1.165) is 18.6 Å². The number of amides is 2. The lowest BCUT2D eigenvalue weighted by molar-refractivity contribution is -0.130. The van der Waals surface area contributed by atoms with Crippen LogP contribution < -0.4 is 10.1 Å². The molecule has 2 unspecified atom stereocenters. The van der Waals surface area contributed by atoms with Crippen molar-refractivity contribution in [2.75, 3.05) is 26.7 Å². The number of nitrogens with zero attached hydrogens (tertiary/aromatic N) is 1. The number of hydrogen-bond donors (Lipinski definition) is 1. The van der Waals surface area contributed by atoms with Gasteiger partial charge in [-0.15, -0.1) is 0 Å². The minimum atomic E-state index is 0.0330. The summed E-state index contributed by atoms with van der Waals surface area (Å²) in [5, 5.41) is 3.51. The Morgan fingerprint density at radius 1 is 1.33 bits per heavy atom. The summed E-state index contributed by atoms with van der Waals surface area (Å²) in [6, 6.07) is 7.20. The number of carbonyl (C=O) groups is 2. The van der Waals surface area contributed by atoms with Gasteiger partial charge in [-0.25, -0.2) is 0 Å². The zero-order chi connectivity index (χ0) is 17.5. The molecule has 0 aromatic heterocycles. The Morgan fingerprint density at radius 3 is 2.62 bits per heavy atom. The van der Waals surface area contributed by atoms with E-state index in [4.69, 9.17) is 16.3 Å². The zero-order valence-corrected chi connectivity index (χ0v) is 15.0. The molecule has 1 aromatic rings. The molecule has 6 heteroatoms. The summed E-state index contributed by atoms with van der Waals surface area (Å²) in [5.74, 6) is 1.53. The van der Waals surface area contributed by atoms with Gasteiger partial charge in [-0.2, -0.15) is 0 Å². The SMILES string of the molecule is CC1CC1C(=O)NCCC(=O)N(C)CCCOc1ccc(Cl)cc1. The fourth-order valence-corrected chi connectivity index (χ4v) is 2.58. The van der Waals surface area contributed by atoms with Gasteiger partial charge in [0.2, 0.25) is 11.8 Å². The van der Waals surface area contributed by atoms with Crippen molar-refractivity contribution in [1.29, 1.82) is 0 Å². The Hall–Kier alpha value is -1.75. The molecule has 0 radical (unpaired) electrons. The summed E-state index contributed by atoms with van der Waals surface area (Å²) in [6.07, 6.45) is 2.05. The van der Waals surface area contributed by atoms with Crippen molar-refractivity contribution >= 4 is 23.4 Å². The molecule has 1 aromatic carbocycles. The van der Waals surface area contributed by atoms with Gasteiger partial charge in [0, 0.05) is 37.5 Å². The second-order valence-corrected chi connectivity index (χ2v) is 6.77. The number of halogens is 1. The van der Waals surface area contributed by atoms with Crippen molar-refractivity contribution in [2.45, 2.75) is 26.2 Å². The molecule has 2 atom stereocenters. The van der Waals surface area contributed by atoms with E-state index < -0.39 is 0 Å². The molecule has 1 N–H and O–H groups in total. The average molecular weight is 353 g/mol. The lowest BCUT2D eigenvalue weighted by Crippen LogP contribution is -2.33. The lowest BCUT2D eigenvalue weighted by Gasteiger charge is -2.17. The zero-order valence-electron chi connectivity index (χ0n) is 14.3. The molecule has 0 bridgehead atoms. The molecule has 0 spiro atoms. The summed E-state index contributed by atoms with van der Waals surface area (Å²) in [7, 11) is 1.77.